The molecule has 8 nitrogen and oxygen atoms in total. The first-order valence-corrected chi connectivity index (χ1v) is 10.8. The average molecular weight is 480 g/mol. The molecule has 2 aromatic carbocycles. The summed E-state index contributed by atoms with van der Waals surface area (Å²) < 4.78 is 10.4. The number of ether oxygens (including phenoxy) is 2. The Hall–Kier alpha value is -2.81. The quantitative estimate of drug-likeness (QED) is 0.592. The van der Waals surface area contributed by atoms with Crippen LogP contribution in [0.25, 0.3) is 0 Å². The highest BCUT2D eigenvalue weighted by atomic mass is 35.5. The molecule has 1 aliphatic rings. The number of benzene rings is 2. The Morgan fingerprint density at radius 1 is 1.09 bits per heavy atom. The predicted molar refractivity (Wildman–Crippen MR) is 122 cm³/mol. The SMILES string of the molecule is CC(OC(=O)CNC(=O)c1ccc(Cl)cc1Cl)C(=O)Nc1ccc(N2CCOCC2)cc1. The normalized spacial score (nSPS) is 14.4. The zero-order chi connectivity index (χ0) is 23.1. The van der Waals surface area contributed by atoms with Crippen LogP contribution in [-0.2, 0) is 19.1 Å². The van der Waals surface area contributed by atoms with Crippen LogP contribution in [0.3, 0.4) is 0 Å². The zero-order valence-corrected chi connectivity index (χ0v) is 18.9. The lowest BCUT2D eigenvalue weighted by molar-refractivity contribution is -0.152. The highest BCUT2D eigenvalue weighted by molar-refractivity contribution is 6.36. The van der Waals surface area contributed by atoms with Crippen LogP contribution in [0, 0.1) is 0 Å². The highest BCUT2D eigenvalue weighted by Crippen LogP contribution is 2.21. The van der Waals surface area contributed by atoms with Gasteiger partial charge in [-0.1, -0.05) is 23.2 Å². The maximum atomic E-state index is 12.3. The largest absolute Gasteiger partial charge is 0.451 e. The number of esters is 1. The van der Waals surface area contributed by atoms with Crippen LogP contribution in [-0.4, -0.2) is 56.7 Å². The molecule has 170 valence electrons. The molecule has 0 aliphatic carbocycles. The summed E-state index contributed by atoms with van der Waals surface area (Å²) in [6.07, 6.45) is -1.04. The van der Waals surface area contributed by atoms with Crippen molar-refractivity contribution in [3.63, 3.8) is 0 Å². The second-order valence-electron chi connectivity index (χ2n) is 7.07. The van der Waals surface area contributed by atoms with E-state index in [0.29, 0.717) is 23.9 Å². The maximum Gasteiger partial charge on any atom is 0.326 e. The molecule has 2 amide bonds. The number of hydrogen-bond acceptors (Lipinski definition) is 6. The van der Waals surface area contributed by atoms with Gasteiger partial charge in [0.05, 0.1) is 23.8 Å². The van der Waals surface area contributed by atoms with E-state index < -0.39 is 30.4 Å². The van der Waals surface area contributed by atoms with Crippen molar-refractivity contribution in [2.45, 2.75) is 13.0 Å². The first-order valence-electron chi connectivity index (χ1n) is 10.00. The lowest BCUT2D eigenvalue weighted by Crippen LogP contribution is -2.36. The number of carbonyl (C=O) groups is 3. The molecule has 0 spiro atoms. The molecule has 1 saturated heterocycles. The topological polar surface area (TPSA) is 97.0 Å². The molecule has 1 fully saturated rings. The minimum absolute atomic E-state index is 0.163. The molecule has 1 heterocycles. The molecule has 32 heavy (non-hydrogen) atoms. The van der Waals surface area contributed by atoms with E-state index in [-0.39, 0.29) is 10.6 Å². The van der Waals surface area contributed by atoms with E-state index in [9.17, 15) is 14.4 Å². The highest BCUT2D eigenvalue weighted by Gasteiger charge is 2.19. The van der Waals surface area contributed by atoms with E-state index in [2.05, 4.69) is 15.5 Å². The second-order valence-corrected chi connectivity index (χ2v) is 7.92. The first-order chi connectivity index (χ1) is 15.3. The summed E-state index contributed by atoms with van der Waals surface area (Å²) in [6, 6.07) is 11.8. The third-order valence-electron chi connectivity index (χ3n) is 4.76. The van der Waals surface area contributed by atoms with Gasteiger partial charge in [-0.15, -0.1) is 0 Å². The fraction of sp³-hybridized carbons (Fsp3) is 0.318. The standard InChI is InChI=1S/C22H23Cl2N3O5/c1-14(32-20(28)13-25-22(30)18-7-2-15(23)12-19(18)24)21(29)26-16-3-5-17(6-4-16)27-8-10-31-11-9-27/h2-7,12,14H,8-11,13H2,1H3,(H,25,30)(H,26,29). The minimum Gasteiger partial charge on any atom is -0.451 e. The number of morpholine rings is 1. The summed E-state index contributed by atoms with van der Waals surface area (Å²) >= 11 is 11.8. The minimum atomic E-state index is -1.04. The summed E-state index contributed by atoms with van der Waals surface area (Å²) in [6.45, 7) is 4.05. The van der Waals surface area contributed by atoms with E-state index >= 15 is 0 Å². The number of hydrogen-bond donors (Lipinski definition) is 2. The van der Waals surface area contributed by atoms with Gasteiger partial charge in [-0.2, -0.15) is 0 Å². The van der Waals surface area contributed by atoms with E-state index in [0.717, 1.165) is 18.8 Å². The third-order valence-corrected chi connectivity index (χ3v) is 5.31. The summed E-state index contributed by atoms with van der Waals surface area (Å²) in [5, 5.41) is 5.66. The molecule has 2 aromatic rings. The van der Waals surface area contributed by atoms with Crippen LogP contribution in [0.4, 0.5) is 11.4 Å². The third kappa shape index (κ3) is 6.59. The summed E-state index contributed by atoms with van der Waals surface area (Å²) in [5.74, 6) is -1.79. The van der Waals surface area contributed by atoms with Gasteiger partial charge in [-0.05, 0) is 49.4 Å². The molecular formula is C22H23Cl2N3O5. The summed E-state index contributed by atoms with van der Waals surface area (Å²) in [4.78, 5) is 38.7. The van der Waals surface area contributed by atoms with Gasteiger partial charge in [-0.25, -0.2) is 0 Å². The van der Waals surface area contributed by atoms with Crippen molar-refractivity contribution in [1.29, 1.82) is 0 Å². The van der Waals surface area contributed by atoms with E-state index in [1.807, 2.05) is 12.1 Å². The molecule has 2 N–H and O–H groups in total. The number of amides is 2. The molecule has 1 unspecified atom stereocenters. The molecule has 0 bridgehead atoms. The van der Waals surface area contributed by atoms with Crippen molar-refractivity contribution in [3.05, 3.63) is 58.1 Å². The van der Waals surface area contributed by atoms with Crippen molar-refractivity contribution in [2.75, 3.05) is 43.1 Å². The fourth-order valence-corrected chi connectivity index (χ4v) is 3.53. The van der Waals surface area contributed by atoms with Gasteiger partial charge in [0.15, 0.2) is 6.10 Å². The Balaban J connectivity index is 1.45. The summed E-state index contributed by atoms with van der Waals surface area (Å²) in [5.41, 5.74) is 1.80. The molecule has 10 heteroatoms. The monoisotopic (exact) mass is 479 g/mol. The molecule has 1 aliphatic heterocycles. The van der Waals surface area contributed by atoms with E-state index in [1.54, 1.807) is 12.1 Å². The Labute approximate surface area is 195 Å². The molecule has 3 rings (SSSR count). The average Bonchev–Trinajstić information content (AvgIpc) is 2.78. The maximum absolute atomic E-state index is 12.3. The van der Waals surface area contributed by atoms with Gasteiger partial charge < -0.3 is 25.0 Å². The van der Waals surface area contributed by atoms with Crippen molar-refractivity contribution in [1.82, 2.24) is 5.32 Å². The van der Waals surface area contributed by atoms with Crippen LogP contribution >= 0.6 is 23.2 Å². The van der Waals surface area contributed by atoms with Gasteiger partial charge in [0, 0.05) is 29.5 Å². The number of nitrogens with one attached hydrogen (secondary N) is 2. The number of rotatable bonds is 7. The Morgan fingerprint density at radius 3 is 2.44 bits per heavy atom. The first kappa shape index (κ1) is 23.8. The van der Waals surface area contributed by atoms with Gasteiger partial charge in [0.25, 0.3) is 11.8 Å². The molecular weight excluding hydrogens is 457 g/mol. The van der Waals surface area contributed by atoms with Gasteiger partial charge in [0.2, 0.25) is 0 Å². The van der Waals surface area contributed by atoms with Crippen LogP contribution in [0.15, 0.2) is 42.5 Å². The molecule has 1 atom stereocenters. The fourth-order valence-electron chi connectivity index (χ4n) is 3.03. The molecule has 0 saturated carbocycles. The van der Waals surface area contributed by atoms with Crippen molar-refractivity contribution in [2.24, 2.45) is 0 Å². The van der Waals surface area contributed by atoms with Gasteiger partial charge in [0.1, 0.15) is 6.54 Å². The molecule has 0 aromatic heterocycles. The summed E-state index contributed by atoms with van der Waals surface area (Å²) in [7, 11) is 0. The smallest absolute Gasteiger partial charge is 0.326 e. The lowest BCUT2D eigenvalue weighted by Gasteiger charge is -2.28. The van der Waals surface area contributed by atoms with Crippen LogP contribution in [0.5, 0.6) is 0 Å². The van der Waals surface area contributed by atoms with E-state index in [1.165, 1.54) is 25.1 Å². The van der Waals surface area contributed by atoms with E-state index in [4.69, 9.17) is 32.7 Å². The van der Waals surface area contributed by atoms with Crippen molar-refractivity contribution < 1.29 is 23.9 Å². The Bertz CT molecular complexity index is 978. The number of carbonyl (C=O) groups excluding carboxylic acids is 3. The number of halogens is 2. The van der Waals surface area contributed by atoms with Crippen LogP contribution in [0.2, 0.25) is 10.0 Å². The zero-order valence-electron chi connectivity index (χ0n) is 17.4. The van der Waals surface area contributed by atoms with Crippen molar-refractivity contribution in [3.8, 4) is 0 Å². The predicted octanol–water partition coefficient (Wildman–Crippen LogP) is 3.13. The Morgan fingerprint density at radius 2 is 1.78 bits per heavy atom. The van der Waals surface area contributed by atoms with Crippen molar-refractivity contribution >= 4 is 52.4 Å². The Kier molecular flexibility index (Phi) is 8.33. The number of nitrogens with zero attached hydrogens (tertiary/aromatic N) is 1. The van der Waals surface area contributed by atoms with Gasteiger partial charge >= 0.3 is 5.97 Å². The second kappa shape index (κ2) is 11.2. The lowest BCUT2D eigenvalue weighted by atomic mass is 10.2. The number of anilines is 2. The van der Waals surface area contributed by atoms with Crippen LogP contribution in [0.1, 0.15) is 17.3 Å². The van der Waals surface area contributed by atoms with Gasteiger partial charge in [-0.3, -0.25) is 14.4 Å². The van der Waals surface area contributed by atoms with Crippen LogP contribution < -0.4 is 15.5 Å². The molecule has 0 radical (unpaired) electrons.